The van der Waals surface area contributed by atoms with Gasteiger partial charge in [0.15, 0.2) is 17.3 Å². The van der Waals surface area contributed by atoms with Crippen LogP contribution in [0, 0.1) is 29.6 Å². The number of Topliss-reactive ketones (excluding diaryl/α,β-unsaturated/α-hetero) is 1. The van der Waals surface area contributed by atoms with Crippen LogP contribution in [0.4, 0.5) is 0 Å². The fourth-order valence-corrected chi connectivity index (χ4v) is 4.39. The van der Waals surface area contributed by atoms with Crippen LogP contribution in [0.5, 0.6) is 11.5 Å². The summed E-state index contributed by atoms with van der Waals surface area (Å²) in [7, 11) is 1.46. The van der Waals surface area contributed by atoms with Gasteiger partial charge in [-0.2, -0.15) is 10.5 Å². The van der Waals surface area contributed by atoms with E-state index in [-0.39, 0.29) is 34.1 Å². The Bertz CT molecular complexity index is 1150. The molecule has 166 valence electrons. The number of nitriles is 2. The van der Waals surface area contributed by atoms with E-state index in [2.05, 4.69) is 0 Å². The van der Waals surface area contributed by atoms with Gasteiger partial charge < -0.3 is 14.2 Å². The molecule has 0 atom stereocenters. The molecular weight excluding hydrogens is 452 g/mol. The van der Waals surface area contributed by atoms with E-state index in [0.29, 0.717) is 34.1 Å². The number of rotatable bonds is 9. The second-order valence-electron chi connectivity index (χ2n) is 6.42. The quantitative estimate of drug-likeness (QED) is 0.290. The lowest BCUT2D eigenvalue weighted by Gasteiger charge is -2.12. The van der Waals surface area contributed by atoms with E-state index in [4.69, 9.17) is 25.8 Å². The van der Waals surface area contributed by atoms with E-state index in [0.717, 1.165) is 11.3 Å². The van der Waals surface area contributed by atoms with Gasteiger partial charge >= 0.3 is 5.97 Å². The summed E-state index contributed by atoms with van der Waals surface area (Å²) in [6, 6.07) is 7.11. The first kappa shape index (κ1) is 24.9. The summed E-state index contributed by atoms with van der Waals surface area (Å²) in [5.41, 5.74) is 1.07. The summed E-state index contributed by atoms with van der Waals surface area (Å²) in [5, 5.41) is 19.3. The van der Waals surface area contributed by atoms with Gasteiger partial charge in [0.1, 0.15) is 17.0 Å². The lowest BCUT2D eigenvalue weighted by molar-refractivity contribution is -0.114. The van der Waals surface area contributed by atoms with Crippen molar-refractivity contribution in [3.8, 4) is 23.6 Å². The molecule has 1 aromatic heterocycles. The number of carbonyl (C=O) groups is 2. The second-order valence-corrected chi connectivity index (χ2v) is 7.94. The molecule has 9 heteroatoms. The number of benzene rings is 1. The highest BCUT2D eigenvalue weighted by Crippen LogP contribution is 2.37. The fraction of sp³-hybridized carbons (Fsp3) is 0.304. The lowest BCUT2D eigenvalue weighted by Crippen LogP contribution is -2.05. The number of halogens is 1. The number of esters is 1. The Balaban J connectivity index is 2.40. The Morgan fingerprint density at radius 3 is 2.50 bits per heavy atom. The number of allylic oxidation sites excluding steroid dienone is 1. The predicted octanol–water partition coefficient (Wildman–Crippen LogP) is 4.88. The van der Waals surface area contributed by atoms with Crippen LogP contribution in [0.1, 0.15) is 45.1 Å². The highest BCUT2D eigenvalue weighted by Gasteiger charge is 2.23. The normalized spacial score (nSPS) is 10.8. The number of hydrogen-bond donors (Lipinski definition) is 0. The van der Waals surface area contributed by atoms with Crippen LogP contribution >= 0.6 is 22.9 Å². The molecule has 0 saturated heterocycles. The van der Waals surface area contributed by atoms with Crippen molar-refractivity contribution in [3.05, 3.63) is 49.2 Å². The molecule has 2 rings (SSSR count). The third kappa shape index (κ3) is 5.47. The van der Waals surface area contributed by atoms with Crippen molar-refractivity contribution in [3.63, 3.8) is 0 Å². The summed E-state index contributed by atoms with van der Waals surface area (Å²) in [6.07, 6.45) is 1.20. The predicted molar refractivity (Wildman–Crippen MR) is 121 cm³/mol. The molecule has 0 spiro atoms. The van der Waals surface area contributed by atoms with Crippen LogP contribution in [-0.2, 0) is 16.0 Å². The molecule has 2 aromatic rings. The summed E-state index contributed by atoms with van der Waals surface area (Å²) in [6.45, 7) is 5.69. The number of ketones is 1. The molecule has 0 aliphatic rings. The molecule has 0 radical (unpaired) electrons. The van der Waals surface area contributed by atoms with E-state index < -0.39 is 11.8 Å². The molecule has 0 unspecified atom stereocenters. The van der Waals surface area contributed by atoms with Gasteiger partial charge in [0.05, 0.1) is 36.5 Å². The minimum absolute atomic E-state index is 0.124. The number of ether oxygens (including phenoxy) is 3. The first-order valence-corrected chi connectivity index (χ1v) is 10.8. The number of nitrogens with zero attached hydrogens (tertiary/aromatic N) is 2. The maximum atomic E-state index is 12.9. The van der Waals surface area contributed by atoms with Gasteiger partial charge in [0.25, 0.3) is 0 Å². The fourth-order valence-electron chi connectivity index (χ4n) is 2.95. The maximum Gasteiger partial charge on any atom is 0.348 e. The third-order valence-corrected chi connectivity index (χ3v) is 5.93. The van der Waals surface area contributed by atoms with E-state index in [1.165, 1.54) is 13.2 Å². The molecule has 0 N–H and O–H groups in total. The van der Waals surface area contributed by atoms with Gasteiger partial charge in [0, 0.05) is 11.3 Å². The molecule has 0 aliphatic heterocycles. The smallest absolute Gasteiger partial charge is 0.348 e. The van der Waals surface area contributed by atoms with Crippen LogP contribution < -0.4 is 9.47 Å². The number of carbonyl (C=O) groups excluding carboxylic acids is 2. The number of methoxy groups -OCH3 is 1. The highest BCUT2D eigenvalue weighted by molar-refractivity contribution is 7.14. The van der Waals surface area contributed by atoms with Crippen LogP contribution in [-0.4, -0.2) is 32.1 Å². The van der Waals surface area contributed by atoms with E-state index in [9.17, 15) is 20.1 Å². The van der Waals surface area contributed by atoms with Crippen molar-refractivity contribution in [1.82, 2.24) is 0 Å². The molecule has 7 nitrogen and oxygen atoms in total. The zero-order valence-electron chi connectivity index (χ0n) is 18.1. The SMILES string of the molecule is CCOC(=O)c1sc(CC(=O)/C(C#N)=C/c2cc(Cl)c(OC)c(OCC)c2)c(C#N)c1C. The molecule has 0 fully saturated rings. The molecular formula is C23H21ClN2O5S. The zero-order chi connectivity index (χ0) is 23.8. The topological polar surface area (TPSA) is 109 Å². The second kappa shape index (κ2) is 11.3. The Labute approximate surface area is 195 Å². The largest absolute Gasteiger partial charge is 0.491 e. The molecule has 0 bridgehead atoms. The minimum Gasteiger partial charge on any atom is -0.491 e. The average molecular weight is 473 g/mol. The van der Waals surface area contributed by atoms with Gasteiger partial charge in [-0.3, -0.25) is 4.79 Å². The van der Waals surface area contributed by atoms with Gasteiger partial charge in [0.2, 0.25) is 0 Å². The van der Waals surface area contributed by atoms with E-state index in [1.54, 1.807) is 32.9 Å². The van der Waals surface area contributed by atoms with Crippen LogP contribution in [0.15, 0.2) is 17.7 Å². The molecule has 0 aliphatic carbocycles. The summed E-state index contributed by atoms with van der Waals surface area (Å²) >= 11 is 7.27. The first-order valence-electron chi connectivity index (χ1n) is 9.65. The summed E-state index contributed by atoms with van der Waals surface area (Å²) < 4.78 is 15.8. The third-order valence-electron chi connectivity index (χ3n) is 4.38. The number of hydrogen-bond acceptors (Lipinski definition) is 8. The summed E-state index contributed by atoms with van der Waals surface area (Å²) in [5.74, 6) is -0.295. The van der Waals surface area contributed by atoms with Crippen molar-refractivity contribution in [1.29, 1.82) is 10.5 Å². The van der Waals surface area contributed by atoms with Crippen LogP contribution in [0.25, 0.3) is 6.08 Å². The lowest BCUT2D eigenvalue weighted by atomic mass is 10.0. The van der Waals surface area contributed by atoms with Crippen molar-refractivity contribution in [2.45, 2.75) is 27.2 Å². The van der Waals surface area contributed by atoms with Gasteiger partial charge in [-0.25, -0.2) is 4.79 Å². The van der Waals surface area contributed by atoms with Gasteiger partial charge in [-0.15, -0.1) is 11.3 Å². The first-order chi connectivity index (χ1) is 15.3. The monoisotopic (exact) mass is 472 g/mol. The highest BCUT2D eigenvalue weighted by atomic mass is 35.5. The Morgan fingerprint density at radius 2 is 1.94 bits per heavy atom. The van der Waals surface area contributed by atoms with Crippen molar-refractivity contribution in [2.75, 3.05) is 20.3 Å². The molecule has 1 heterocycles. The molecule has 1 aromatic carbocycles. The van der Waals surface area contributed by atoms with Crippen molar-refractivity contribution < 1.29 is 23.8 Å². The average Bonchev–Trinajstić information content (AvgIpc) is 3.07. The van der Waals surface area contributed by atoms with Crippen molar-refractivity contribution >= 4 is 40.8 Å². The van der Waals surface area contributed by atoms with E-state index in [1.807, 2.05) is 12.1 Å². The van der Waals surface area contributed by atoms with Gasteiger partial charge in [-0.1, -0.05) is 11.6 Å². The summed E-state index contributed by atoms with van der Waals surface area (Å²) in [4.78, 5) is 25.7. The molecule has 0 saturated carbocycles. The molecule has 0 amide bonds. The van der Waals surface area contributed by atoms with Crippen LogP contribution in [0.3, 0.4) is 0 Å². The Hall–Kier alpha value is -3.33. The van der Waals surface area contributed by atoms with Crippen LogP contribution in [0.2, 0.25) is 5.02 Å². The standard InChI is InChI=1S/C23H21ClN2O5S/c1-5-30-19-9-14(8-17(24)21(19)29-4)7-15(11-25)18(27)10-20-16(12-26)13(3)22(32-20)23(28)31-6-2/h7-9H,5-6,10H2,1-4H3/b15-7+. The zero-order valence-corrected chi connectivity index (χ0v) is 19.6. The molecule has 32 heavy (non-hydrogen) atoms. The van der Waals surface area contributed by atoms with E-state index >= 15 is 0 Å². The van der Waals surface area contributed by atoms with Crippen molar-refractivity contribution in [2.24, 2.45) is 0 Å². The Morgan fingerprint density at radius 1 is 1.22 bits per heavy atom. The minimum atomic E-state index is -0.544. The maximum absolute atomic E-state index is 12.9. The number of thiophene rings is 1. The van der Waals surface area contributed by atoms with Gasteiger partial charge in [-0.05, 0) is 50.1 Å². The Kier molecular flexibility index (Phi) is 8.83.